The van der Waals surface area contributed by atoms with Crippen molar-refractivity contribution in [3.05, 3.63) is 35.9 Å². The van der Waals surface area contributed by atoms with E-state index >= 15 is 0 Å². The molecule has 0 radical (unpaired) electrons. The molecule has 0 bridgehead atoms. The molecule has 54 valence electrons. The summed E-state index contributed by atoms with van der Waals surface area (Å²) in [5, 5.41) is 3.33. The highest BCUT2D eigenvalue weighted by atomic mass is 28.1. The first-order valence-corrected chi connectivity index (χ1v) is 5.09. The van der Waals surface area contributed by atoms with Crippen LogP contribution in [0, 0.1) is 0 Å². The van der Waals surface area contributed by atoms with Gasteiger partial charge in [-0.05, 0) is 11.7 Å². The van der Waals surface area contributed by atoms with Gasteiger partial charge in [-0.1, -0.05) is 30.3 Å². The maximum Gasteiger partial charge on any atom is 0.0201 e. The standard InChI is InChI=1S/C8H13NSi/c10-7-9-6-8-4-2-1-3-5-8/h1-5,9H,6-7H2,10H3. The number of hydrogen-bond acceptors (Lipinski definition) is 1. The Bertz CT molecular complexity index is 174. The minimum atomic E-state index is 1.02. The lowest BCUT2D eigenvalue weighted by molar-refractivity contribution is 0.791. The lowest BCUT2D eigenvalue weighted by Crippen LogP contribution is -2.13. The van der Waals surface area contributed by atoms with E-state index in [-0.39, 0.29) is 0 Å². The summed E-state index contributed by atoms with van der Waals surface area (Å²) in [4.78, 5) is 0. The van der Waals surface area contributed by atoms with E-state index in [2.05, 4.69) is 29.6 Å². The summed E-state index contributed by atoms with van der Waals surface area (Å²) >= 11 is 0. The van der Waals surface area contributed by atoms with Crippen LogP contribution in [0.5, 0.6) is 0 Å². The molecule has 0 spiro atoms. The van der Waals surface area contributed by atoms with Gasteiger partial charge >= 0.3 is 0 Å². The fourth-order valence-corrected chi connectivity index (χ4v) is 1.12. The maximum atomic E-state index is 3.33. The quantitative estimate of drug-likeness (QED) is 0.604. The summed E-state index contributed by atoms with van der Waals surface area (Å²) in [6, 6.07) is 10.5. The van der Waals surface area contributed by atoms with E-state index in [4.69, 9.17) is 0 Å². The number of nitrogens with one attached hydrogen (secondary N) is 1. The second-order valence-corrected chi connectivity index (χ2v) is 2.97. The van der Waals surface area contributed by atoms with Gasteiger partial charge in [-0.15, -0.1) is 0 Å². The Morgan fingerprint density at radius 3 is 2.50 bits per heavy atom. The van der Waals surface area contributed by atoms with Crippen LogP contribution in [0.4, 0.5) is 0 Å². The molecule has 10 heavy (non-hydrogen) atoms. The number of rotatable bonds is 3. The molecule has 0 aliphatic carbocycles. The van der Waals surface area contributed by atoms with Gasteiger partial charge < -0.3 is 5.32 Å². The van der Waals surface area contributed by atoms with Gasteiger partial charge in [0.2, 0.25) is 0 Å². The van der Waals surface area contributed by atoms with E-state index in [1.165, 1.54) is 22.0 Å². The van der Waals surface area contributed by atoms with Crippen molar-refractivity contribution in [3.8, 4) is 0 Å². The molecule has 0 unspecified atom stereocenters. The lowest BCUT2D eigenvalue weighted by atomic mass is 10.2. The molecule has 0 heterocycles. The zero-order valence-electron chi connectivity index (χ0n) is 6.30. The van der Waals surface area contributed by atoms with Gasteiger partial charge in [0, 0.05) is 16.8 Å². The smallest absolute Gasteiger partial charge is 0.0201 e. The van der Waals surface area contributed by atoms with Gasteiger partial charge in [-0.25, -0.2) is 0 Å². The summed E-state index contributed by atoms with van der Waals surface area (Å²) in [6.45, 7) is 1.02. The molecule has 1 aromatic carbocycles. The van der Waals surface area contributed by atoms with Crippen LogP contribution >= 0.6 is 0 Å². The fraction of sp³-hybridized carbons (Fsp3) is 0.250. The molecule has 0 saturated carbocycles. The number of benzene rings is 1. The van der Waals surface area contributed by atoms with Crippen LogP contribution in [0.25, 0.3) is 0 Å². The molecule has 0 aliphatic rings. The Morgan fingerprint density at radius 1 is 1.20 bits per heavy atom. The average Bonchev–Trinajstić information content (AvgIpc) is 2.03. The zero-order chi connectivity index (χ0) is 7.23. The third-order valence-corrected chi connectivity index (χ3v) is 1.92. The largest absolute Gasteiger partial charge is 0.316 e. The average molecular weight is 151 g/mol. The van der Waals surface area contributed by atoms with Crippen LogP contribution in [-0.4, -0.2) is 16.4 Å². The minimum absolute atomic E-state index is 1.02. The minimum Gasteiger partial charge on any atom is -0.316 e. The zero-order valence-corrected chi connectivity index (χ0v) is 8.30. The first kappa shape index (κ1) is 7.50. The molecule has 1 rings (SSSR count). The van der Waals surface area contributed by atoms with Gasteiger partial charge in [0.25, 0.3) is 0 Å². The topological polar surface area (TPSA) is 12.0 Å². The van der Waals surface area contributed by atoms with Crippen LogP contribution in [0.15, 0.2) is 30.3 Å². The molecular weight excluding hydrogens is 138 g/mol. The second kappa shape index (κ2) is 4.25. The summed E-state index contributed by atoms with van der Waals surface area (Å²) in [5.74, 6) is 0. The van der Waals surface area contributed by atoms with Crippen LogP contribution < -0.4 is 5.32 Å². The highest BCUT2D eigenvalue weighted by Gasteiger charge is 1.85. The summed E-state index contributed by atoms with van der Waals surface area (Å²) in [7, 11) is 1.24. The molecule has 0 amide bonds. The first-order valence-electron chi connectivity index (χ1n) is 3.68. The Kier molecular flexibility index (Phi) is 3.19. The van der Waals surface area contributed by atoms with Crippen molar-refractivity contribution in [3.63, 3.8) is 0 Å². The van der Waals surface area contributed by atoms with E-state index in [1.54, 1.807) is 0 Å². The molecule has 0 aromatic heterocycles. The predicted molar refractivity (Wildman–Crippen MR) is 48.1 cm³/mol. The number of hydrogen-bond donors (Lipinski definition) is 1. The van der Waals surface area contributed by atoms with Crippen molar-refractivity contribution < 1.29 is 0 Å². The van der Waals surface area contributed by atoms with Crippen LogP contribution in [0.3, 0.4) is 0 Å². The molecular formula is C8H13NSi. The van der Waals surface area contributed by atoms with E-state index in [0.717, 1.165) is 6.54 Å². The van der Waals surface area contributed by atoms with Gasteiger partial charge in [0.05, 0.1) is 0 Å². The SMILES string of the molecule is [SiH3]CNCc1ccccc1. The molecule has 0 aliphatic heterocycles. The van der Waals surface area contributed by atoms with E-state index in [9.17, 15) is 0 Å². The van der Waals surface area contributed by atoms with E-state index < -0.39 is 0 Å². The third kappa shape index (κ3) is 2.33. The normalized spacial score (nSPS) is 10.0. The summed E-state index contributed by atoms with van der Waals surface area (Å²) < 4.78 is 0. The highest BCUT2D eigenvalue weighted by molar-refractivity contribution is 6.08. The Labute approximate surface area is 64.9 Å². The fourth-order valence-electron chi connectivity index (χ4n) is 0.865. The van der Waals surface area contributed by atoms with Crippen molar-refractivity contribution >= 4 is 10.2 Å². The third-order valence-electron chi connectivity index (χ3n) is 1.42. The van der Waals surface area contributed by atoms with Gasteiger partial charge in [0.1, 0.15) is 0 Å². The predicted octanol–water partition coefficient (Wildman–Crippen LogP) is 0.0991. The maximum absolute atomic E-state index is 3.33. The van der Waals surface area contributed by atoms with Crippen molar-refractivity contribution in [1.29, 1.82) is 0 Å². The van der Waals surface area contributed by atoms with Gasteiger partial charge in [-0.2, -0.15) is 0 Å². The van der Waals surface area contributed by atoms with Crippen molar-refractivity contribution in [1.82, 2.24) is 5.32 Å². The first-order chi connectivity index (χ1) is 4.93. The van der Waals surface area contributed by atoms with Gasteiger partial charge in [-0.3, -0.25) is 0 Å². The molecule has 0 saturated heterocycles. The highest BCUT2D eigenvalue weighted by Crippen LogP contribution is 1.95. The molecule has 1 aromatic rings. The Hall–Kier alpha value is -0.603. The second-order valence-electron chi connectivity index (χ2n) is 2.27. The van der Waals surface area contributed by atoms with Gasteiger partial charge in [0.15, 0.2) is 0 Å². The Balaban J connectivity index is 2.43. The molecule has 1 N–H and O–H groups in total. The Morgan fingerprint density at radius 2 is 1.90 bits per heavy atom. The monoisotopic (exact) mass is 151 g/mol. The van der Waals surface area contributed by atoms with Crippen molar-refractivity contribution in [2.24, 2.45) is 0 Å². The van der Waals surface area contributed by atoms with Crippen molar-refractivity contribution in [2.75, 3.05) is 6.17 Å². The van der Waals surface area contributed by atoms with Crippen LogP contribution in [0.2, 0.25) is 0 Å². The summed E-state index contributed by atoms with van der Waals surface area (Å²) in [6.07, 6.45) is 1.18. The molecule has 0 atom stereocenters. The van der Waals surface area contributed by atoms with E-state index in [1.807, 2.05) is 6.07 Å². The lowest BCUT2D eigenvalue weighted by Gasteiger charge is -1.99. The summed E-state index contributed by atoms with van der Waals surface area (Å²) in [5.41, 5.74) is 1.37. The van der Waals surface area contributed by atoms with Crippen molar-refractivity contribution in [2.45, 2.75) is 6.54 Å². The van der Waals surface area contributed by atoms with Crippen LogP contribution in [-0.2, 0) is 6.54 Å². The van der Waals surface area contributed by atoms with Crippen LogP contribution in [0.1, 0.15) is 5.56 Å². The molecule has 0 fully saturated rings. The molecule has 1 nitrogen and oxygen atoms in total. The molecule has 2 heteroatoms. The van der Waals surface area contributed by atoms with E-state index in [0.29, 0.717) is 0 Å².